The molecule has 0 radical (unpaired) electrons. The first-order valence-electron chi connectivity index (χ1n) is 6.13. The van der Waals surface area contributed by atoms with Crippen molar-refractivity contribution in [2.24, 2.45) is 5.41 Å². The number of carbonyl (C=O) groups excluding carboxylic acids is 1. The molecule has 0 bridgehead atoms. The van der Waals surface area contributed by atoms with Crippen molar-refractivity contribution < 1.29 is 4.79 Å². The third kappa shape index (κ3) is 1.57. The Hall–Kier alpha value is -0.570. The summed E-state index contributed by atoms with van der Waals surface area (Å²) in [7, 11) is 0. The molecular formula is C12H22N2O. The molecule has 3 nitrogen and oxygen atoms in total. The maximum Gasteiger partial charge on any atom is 0.230 e. The minimum absolute atomic E-state index is 0.208. The molecule has 0 spiro atoms. The molecule has 0 aromatic heterocycles. The van der Waals surface area contributed by atoms with Gasteiger partial charge in [-0.3, -0.25) is 4.79 Å². The number of piperidine rings is 1. The molecule has 2 heterocycles. The van der Waals surface area contributed by atoms with Gasteiger partial charge in [0.25, 0.3) is 0 Å². The maximum atomic E-state index is 12.3. The van der Waals surface area contributed by atoms with E-state index in [4.69, 9.17) is 0 Å². The molecule has 0 aromatic rings. The molecule has 1 N–H and O–H groups in total. The minimum atomic E-state index is -0.208. The van der Waals surface area contributed by atoms with Gasteiger partial charge in [-0.05, 0) is 39.7 Å². The van der Waals surface area contributed by atoms with Crippen LogP contribution in [-0.4, -0.2) is 36.0 Å². The number of rotatable bonds is 2. The van der Waals surface area contributed by atoms with Crippen LogP contribution in [0.2, 0.25) is 0 Å². The molecule has 2 aliphatic heterocycles. The van der Waals surface area contributed by atoms with Crippen LogP contribution in [0, 0.1) is 5.41 Å². The highest BCUT2D eigenvalue weighted by molar-refractivity contribution is 5.86. The molecule has 1 amide bonds. The van der Waals surface area contributed by atoms with E-state index in [-0.39, 0.29) is 5.41 Å². The summed E-state index contributed by atoms with van der Waals surface area (Å²) in [5, 5.41) is 3.53. The van der Waals surface area contributed by atoms with Gasteiger partial charge in [0, 0.05) is 18.6 Å². The maximum absolute atomic E-state index is 12.3. The Morgan fingerprint density at radius 3 is 2.93 bits per heavy atom. The number of amides is 1. The summed E-state index contributed by atoms with van der Waals surface area (Å²) in [6.45, 7) is 8.30. The summed E-state index contributed by atoms with van der Waals surface area (Å²) in [5.74, 6) is 0.341. The van der Waals surface area contributed by atoms with E-state index in [1.807, 2.05) is 0 Å². The number of hydrogen-bond donors (Lipinski definition) is 1. The van der Waals surface area contributed by atoms with E-state index < -0.39 is 0 Å². The zero-order valence-electron chi connectivity index (χ0n) is 10.0. The van der Waals surface area contributed by atoms with Crippen LogP contribution in [0.5, 0.6) is 0 Å². The summed E-state index contributed by atoms with van der Waals surface area (Å²) in [6, 6.07) is 0.812. The Bertz CT molecular complexity index is 262. The van der Waals surface area contributed by atoms with Gasteiger partial charge in [-0.2, -0.15) is 0 Å². The number of likely N-dealkylation sites (tertiary alicyclic amines) is 1. The highest BCUT2D eigenvalue weighted by atomic mass is 16.2. The van der Waals surface area contributed by atoms with E-state index in [1.165, 1.54) is 12.8 Å². The number of nitrogens with one attached hydrogen (secondary N) is 1. The summed E-state index contributed by atoms with van der Waals surface area (Å²) in [6.07, 6.45) is 3.43. The molecular weight excluding hydrogens is 188 g/mol. The van der Waals surface area contributed by atoms with Crippen molar-refractivity contribution in [3.05, 3.63) is 0 Å². The third-order valence-electron chi connectivity index (χ3n) is 3.88. The van der Waals surface area contributed by atoms with Crippen LogP contribution in [0.15, 0.2) is 0 Å². The van der Waals surface area contributed by atoms with Crippen LogP contribution >= 0.6 is 0 Å². The number of fused-ring (bicyclic) bond motifs is 1. The van der Waals surface area contributed by atoms with Crippen molar-refractivity contribution in [1.82, 2.24) is 10.2 Å². The number of carbonyl (C=O) groups is 1. The second kappa shape index (κ2) is 3.78. The van der Waals surface area contributed by atoms with Crippen LogP contribution in [-0.2, 0) is 4.79 Å². The van der Waals surface area contributed by atoms with E-state index in [9.17, 15) is 4.79 Å². The lowest BCUT2D eigenvalue weighted by atomic mass is 9.81. The molecule has 0 aromatic carbocycles. The Morgan fingerprint density at radius 2 is 2.27 bits per heavy atom. The lowest BCUT2D eigenvalue weighted by Crippen LogP contribution is -2.50. The quantitative estimate of drug-likeness (QED) is 0.747. The lowest BCUT2D eigenvalue weighted by molar-refractivity contribution is -0.135. The minimum Gasteiger partial charge on any atom is -0.338 e. The van der Waals surface area contributed by atoms with Crippen LogP contribution < -0.4 is 5.32 Å². The fourth-order valence-electron chi connectivity index (χ4n) is 3.11. The largest absolute Gasteiger partial charge is 0.338 e. The van der Waals surface area contributed by atoms with Gasteiger partial charge in [0.1, 0.15) is 0 Å². The fourth-order valence-corrected chi connectivity index (χ4v) is 3.11. The molecule has 2 fully saturated rings. The van der Waals surface area contributed by atoms with Gasteiger partial charge >= 0.3 is 0 Å². The van der Waals surface area contributed by atoms with Gasteiger partial charge in [0.15, 0.2) is 0 Å². The van der Waals surface area contributed by atoms with E-state index in [1.54, 1.807) is 0 Å². The van der Waals surface area contributed by atoms with Crippen molar-refractivity contribution >= 4 is 5.91 Å². The summed E-state index contributed by atoms with van der Waals surface area (Å²) in [5.41, 5.74) is -0.208. The van der Waals surface area contributed by atoms with E-state index in [0.717, 1.165) is 19.5 Å². The summed E-state index contributed by atoms with van der Waals surface area (Å²) >= 11 is 0. The van der Waals surface area contributed by atoms with Gasteiger partial charge in [-0.15, -0.1) is 0 Å². The number of hydrogen-bond acceptors (Lipinski definition) is 2. The number of nitrogens with zero attached hydrogens (tertiary/aromatic N) is 1. The molecule has 2 saturated heterocycles. The van der Waals surface area contributed by atoms with Crippen molar-refractivity contribution in [2.45, 2.75) is 52.1 Å². The Kier molecular flexibility index (Phi) is 2.75. The summed E-state index contributed by atoms with van der Waals surface area (Å²) < 4.78 is 0. The van der Waals surface area contributed by atoms with Crippen LogP contribution in [0.4, 0.5) is 0 Å². The van der Waals surface area contributed by atoms with E-state index in [2.05, 4.69) is 31.0 Å². The van der Waals surface area contributed by atoms with E-state index >= 15 is 0 Å². The normalized spacial score (nSPS) is 34.3. The molecule has 0 aliphatic carbocycles. The zero-order valence-corrected chi connectivity index (χ0v) is 10.0. The molecule has 15 heavy (non-hydrogen) atoms. The highest BCUT2D eigenvalue weighted by Crippen LogP contribution is 2.39. The van der Waals surface area contributed by atoms with Crippen molar-refractivity contribution in [3.8, 4) is 0 Å². The lowest BCUT2D eigenvalue weighted by Gasteiger charge is -2.34. The third-order valence-corrected chi connectivity index (χ3v) is 3.88. The van der Waals surface area contributed by atoms with Crippen molar-refractivity contribution in [1.29, 1.82) is 0 Å². The standard InChI is InChI=1S/C12H22N2O/c1-4-8-14-9-6-5-7-13-10(9)12(2,3)11(14)15/h9-10,13H,4-8H2,1-3H3. The van der Waals surface area contributed by atoms with Crippen LogP contribution in [0.25, 0.3) is 0 Å². The Morgan fingerprint density at radius 1 is 1.53 bits per heavy atom. The van der Waals surface area contributed by atoms with Crippen molar-refractivity contribution in [3.63, 3.8) is 0 Å². The molecule has 2 rings (SSSR count). The molecule has 2 aliphatic rings. The topological polar surface area (TPSA) is 32.3 Å². The SMILES string of the molecule is CCCN1C(=O)C(C)(C)C2NCCCC21. The average Bonchev–Trinajstić information content (AvgIpc) is 2.42. The fraction of sp³-hybridized carbons (Fsp3) is 0.917. The van der Waals surface area contributed by atoms with Gasteiger partial charge in [-0.1, -0.05) is 6.92 Å². The predicted molar refractivity (Wildman–Crippen MR) is 60.6 cm³/mol. The van der Waals surface area contributed by atoms with E-state index in [0.29, 0.717) is 18.0 Å². The van der Waals surface area contributed by atoms with Crippen LogP contribution in [0.3, 0.4) is 0 Å². The highest BCUT2D eigenvalue weighted by Gasteiger charge is 2.53. The second-order valence-corrected chi connectivity index (χ2v) is 5.36. The first kappa shape index (κ1) is 10.9. The molecule has 2 atom stereocenters. The first-order valence-corrected chi connectivity index (χ1v) is 6.13. The molecule has 2 unspecified atom stereocenters. The van der Waals surface area contributed by atoms with Gasteiger partial charge in [0.05, 0.1) is 5.41 Å². The Balaban J connectivity index is 2.23. The van der Waals surface area contributed by atoms with Gasteiger partial charge in [-0.25, -0.2) is 0 Å². The zero-order chi connectivity index (χ0) is 11.1. The first-order chi connectivity index (χ1) is 7.09. The second-order valence-electron chi connectivity index (χ2n) is 5.36. The molecule has 0 saturated carbocycles. The Labute approximate surface area is 92.2 Å². The molecule has 3 heteroatoms. The predicted octanol–water partition coefficient (Wildman–Crippen LogP) is 1.39. The molecule has 86 valence electrons. The van der Waals surface area contributed by atoms with Gasteiger partial charge in [0.2, 0.25) is 5.91 Å². The van der Waals surface area contributed by atoms with Gasteiger partial charge < -0.3 is 10.2 Å². The monoisotopic (exact) mass is 210 g/mol. The van der Waals surface area contributed by atoms with Crippen molar-refractivity contribution in [2.75, 3.05) is 13.1 Å². The average molecular weight is 210 g/mol. The van der Waals surface area contributed by atoms with Crippen LogP contribution in [0.1, 0.15) is 40.0 Å². The summed E-state index contributed by atoms with van der Waals surface area (Å²) in [4.78, 5) is 14.4. The smallest absolute Gasteiger partial charge is 0.230 e.